The number of hydrogen-bond donors (Lipinski definition) is 1. The lowest BCUT2D eigenvalue weighted by Crippen LogP contribution is -2.21. The van der Waals surface area contributed by atoms with Crippen molar-refractivity contribution in [2.45, 2.75) is 6.92 Å². The van der Waals surface area contributed by atoms with Gasteiger partial charge in [-0.05, 0) is 37.3 Å². The summed E-state index contributed by atoms with van der Waals surface area (Å²) in [5.74, 6) is -1.33. The van der Waals surface area contributed by atoms with Crippen molar-refractivity contribution in [3.63, 3.8) is 0 Å². The number of benzene rings is 2. The van der Waals surface area contributed by atoms with Gasteiger partial charge in [-0.1, -0.05) is 39.7 Å². The Morgan fingerprint density at radius 1 is 1.17 bits per heavy atom. The monoisotopic (exact) mass is 409 g/mol. The second-order valence-electron chi connectivity index (χ2n) is 4.89. The Morgan fingerprint density at radius 2 is 1.92 bits per heavy atom. The predicted octanol–water partition coefficient (Wildman–Crippen LogP) is 4.10. The van der Waals surface area contributed by atoms with Crippen LogP contribution in [0, 0.1) is 0 Å². The molecule has 0 saturated heterocycles. The first-order valence-electron chi connectivity index (χ1n) is 6.90. The number of ether oxygens (including phenoxy) is 1. The molecular formula is C17H13BrClNO4. The summed E-state index contributed by atoms with van der Waals surface area (Å²) < 4.78 is 5.62. The first-order chi connectivity index (χ1) is 11.4. The van der Waals surface area contributed by atoms with Crippen LogP contribution in [-0.4, -0.2) is 24.3 Å². The van der Waals surface area contributed by atoms with Gasteiger partial charge in [-0.3, -0.25) is 9.59 Å². The normalized spacial score (nSPS) is 10.1. The van der Waals surface area contributed by atoms with Gasteiger partial charge < -0.3 is 10.1 Å². The van der Waals surface area contributed by atoms with E-state index in [1.807, 2.05) is 0 Å². The SMILES string of the molecule is CC(=O)c1cccc(NC(=O)COC(=O)c2cc(Br)ccc2Cl)c1. The second kappa shape index (κ2) is 8.08. The molecule has 0 unspecified atom stereocenters. The molecule has 0 radical (unpaired) electrons. The lowest BCUT2D eigenvalue weighted by molar-refractivity contribution is -0.119. The molecule has 7 heteroatoms. The third-order valence-electron chi connectivity index (χ3n) is 3.04. The number of carbonyl (C=O) groups excluding carboxylic acids is 3. The van der Waals surface area contributed by atoms with Crippen LogP contribution in [0.2, 0.25) is 5.02 Å². The highest BCUT2D eigenvalue weighted by Crippen LogP contribution is 2.21. The van der Waals surface area contributed by atoms with Crippen LogP contribution in [0.15, 0.2) is 46.9 Å². The van der Waals surface area contributed by atoms with Gasteiger partial charge in [0.05, 0.1) is 10.6 Å². The fourth-order valence-corrected chi connectivity index (χ4v) is 2.43. The van der Waals surface area contributed by atoms with Crippen LogP contribution in [-0.2, 0) is 9.53 Å². The third kappa shape index (κ3) is 4.91. The number of Topliss-reactive ketones (excluding diaryl/α,β-unsaturated/α-hetero) is 1. The lowest BCUT2D eigenvalue weighted by Gasteiger charge is -2.08. The highest BCUT2D eigenvalue weighted by atomic mass is 79.9. The van der Waals surface area contributed by atoms with E-state index in [1.54, 1.807) is 36.4 Å². The molecule has 2 rings (SSSR count). The molecule has 0 aliphatic heterocycles. The fourth-order valence-electron chi connectivity index (χ4n) is 1.88. The fraction of sp³-hybridized carbons (Fsp3) is 0.118. The van der Waals surface area contributed by atoms with Crippen LogP contribution in [0.25, 0.3) is 0 Å². The maximum absolute atomic E-state index is 12.0. The molecule has 24 heavy (non-hydrogen) atoms. The van der Waals surface area contributed by atoms with Crippen molar-refractivity contribution in [1.82, 2.24) is 0 Å². The van der Waals surface area contributed by atoms with E-state index in [9.17, 15) is 14.4 Å². The quantitative estimate of drug-likeness (QED) is 0.595. The zero-order valence-corrected chi connectivity index (χ0v) is 15.0. The van der Waals surface area contributed by atoms with Gasteiger partial charge in [0.25, 0.3) is 5.91 Å². The van der Waals surface area contributed by atoms with Gasteiger partial charge in [-0.15, -0.1) is 0 Å². The van der Waals surface area contributed by atoms with Crippen LogP contribution < -0.4 is 5.32 Å². The minimum atomic E-state index is -0.700. The summed E-state index contributed by atoms with van der Waals surface area (Å²) in [5.41, 5.74) is 1.09. The third-order valence-corrected chi connectivity index (χ3v) is 3.86. The Labute approximate surface area is 152 Å². The Morgan fingerprint density at radius 3 is 2.62 bits per heavy atom. The maximum atomic E-state index is 12.0. The Kier molecular flexibility index (Phi) is 6.11. The van der Waals surface area contributed by atoms with Crippen molar-refractivity contribution < 1.29 is 19.1 Å². The molecule has 0 aromatic heterocycles. The first kappa shape index (κ1) is 18.2. The summed E-state index contributed by atoms with van der Waals surface area (Å²) in [6.45, 7) is 0.969. The van der Waals surface area contributed by atoms with Gasteiger partial charge in [0.1, 0.15) is 0 Å². The van der Waals surface area contributed by atoms with E-state index in [-0.39, 0.29) is 16.4 Å². The molecule has 2 aromatic rings. The van der Waals surface area contributed by atoms with Crippen molar-refractivity contribution in [3.05, 3.63) is 63.1 Å². The van der Waals surface area contributed by atoms with Gasteiger partial charge in [0.15, 0.2) is 12.4 Å². The van der Waals surface area contributed by atoms with Crippen molar-refractivity contribution in [1.29, 1.82) is 0 Å². The zero-order chi connectivity index (χ0) is 17.7. The summed E-state index contributed by atoms with van der Waals surface area (Å²) in [5, 5.41) is 2.79. The largest absolute Gasteiger partial charge is 0.452 e. The summed E-state index contributed by atoms with van der Waals surface area (Å²) in [7, 11) is 0. The molecule has 0 fully saturated rings. The molecule has 0 saturated carbocycles. The number of halogens is 2. The van der Waals surface area contributed by atoms with E-state index in [0.717, 1.165) is 0 Å². The van der Waals surface area contributed by atoms with Crippen LogP contribution in [0.3, 0.4) is 0 Å². The number of carbonyl (C=O) groups is 3. The van der Waals surface area contributed by atoms with Crippen molar-refractivity contribution in [2.75, 3.05) is 11.9 Å². The topological polar surface area (TPSA) is 72.5 Å². The van der Waals surface area contributed by atoms with E-state index in [4.69, 9.17) is 16.3 Å². The summed E-state index contributed by atoms with van der Waals surface area (Å²) in [6.07, 6.45) is 0. The summed E-state index contributed by atoms with van der Waals surface area (Å²) in [6, 6.07) is 11.2. The van der Waals surface area contributed by atoms with E-state index in [1.165, 1.54) is 13.0 Å². The van der Waals surface area contributed by atoms with Gasteiger partial charge in [0.2, 0.25) is 0 Å². The smallest absolute Gasteiger partial charge is 0.340 e. The average molecular weight is 411 g/mol. The van der Waals surface area contributed by atoms with Crippen LogP contribution >= 0.6 is 27.5 Å². The molecule has 0 spiro atoms. The summed E-state index contributed by atoms with van der Waals surface area (Å²) >= 11 is 9.16. The standard InChI is InChI=1S/C17H13BrClNO4/c1-10(21)11-3-2-4-13(7-11)20-16(22)9-24-17(23)14-8-12(18)5-6-15(14)19/h2-8H,9H2,1H3,(H,20,22). The molecule has 0 bridgehead atoms. The molecule has 0 aliphatic carbocycles. The Bertz CT molecular complexity index is 807. The number of nitrogens with one attached hydrogen (secondary N) is 1. The summed E-state index contributed by atoms with van der Waals surface area (Å²) in [4.78, 5) is 35.1. The maximum Gasteiger partial charge on any atom is 0.340 e. The highest BCUT2D eigenvalue weighted by molar-refractivity contribution is 9.10. The lowest BCUT2D eigenvalue weighted by atomic mass is 10.1. The molecule has 2 aromatic carbocycles. The van der Waals surface area contributed by atoms with E-state index in [2.05, 4.69) is 21.2 Å². The molecule has 1 amide bonds. The predicted molar refractivity (Wildman–Crippen MR) is 94.5 cm³/mol. The van der Waals surface area contributed by atoms with E-state index < -0.39 is 18.5 Å². The minimum Gasteiger partial charge on any atom is -0.452 e. The molecule has 0 heterocycles. The average Bonchev–Trinajstić information content (AvgIpc) is 2.55. The number of rotatable bonds is 5. The van der Waals surface area contributed by atoms with Gasteiger partial charge in [-0.25, -0.2) is 4.79 Å². The molecule has 1 N–H and O–H groups in total. The minimum absolute atomic E-state index is 0.109. The highest BCUT2D eigenvalue weighted by Gasteiger charge is 2.14. The molecule has 0 aliphatic rings. The number of anilines is 1. The number of amides is 1. The number of hydrogen-bond acceptors (Lipinski definition) is 4. The first-order valence-corrected chi connectivity index (χ1v) is 8.07. The van der Waals surface area contributed by atoms with Gasteiger partial charge in [-0.2, -0.15) is 0 Å². The van der Waals surface area contributed by atoms with Crippen molar-refractivity contribution >= 4 is 50.9 Å². The van der Waals surface area contributed by atoms with E-state index in [0.29, 0.717) is 15.7 Å². The molecule has 0 atom stereocenters. The molecule has 5 nitrogen and oxygen atoms in total. The zero-order valence-electron chi connectivity index (χ0n) is 12.6. The van der Waals surface area contributed by atoms with Crippen LogP contribution in [0.4, 0.5) is 5.69 Å². The number of esters is 1. The Balaban J connectivity index is 1.96. The van der Waals surface area contributed by atoms with Crippen LogP contribution in [0.5, 0.6) is 0 Å². The van der Waals surface area contributed by atoms with Gasteiger partial charge >= 0.3 is 5.97 Å². The van der Waals surface area contributed by atoms with Crippen molar-refractivity contribution in [2.24, 2.45) is 0 Å². The number of ketones is 1. The van der Waals surface area contributed by atoms with Crippen molar-refractivity contribution in [3.8, 4) is 0 Å². The molecular weight excluding hydrogens is 398 g/mol. The van der Waals surface area contributed by atoms with Gasteiger partial charge in [0, 0.05) is 15.7 Å². The Hall–Kier alpha value is -2.18. The van der Waals surface area contributed by atoms with E-state index >= 15 is 0 Å². The molecule has 124 valence electrons. The van der Waals surface area contributed by atoms with Crippen LogP contribution in [0.1, 0.15) is 27.6 Å². The second-order valence-corrected chi connectivity index (χ2v) is 6.21.